The van der Waals surface area contributed by atoms with Crippen molar-refractivity contribution in [2.45, 2.75) is 6.92 Å². The molecule has 0 aromatic heterocycles. The van der Waals surface area contributed by atoms with E-state index in [4.69, 9.17) is 0 Å². The number of hydrogen-bond acceptors (Lipinski definition) is 4. The highest BCUT2D eigenvalue weighted by molar-refractivity contribution is 6.09. The SMILES string of the molecule is CC(=O)c1cc(C(=O)/C=C/CF)c(O)cc1O. The molecule has 0 unspecified atom stereocenters. The minimum Gasteiger partial charge on any atom is -0.507 e. The molecule has 0 saturated heterocycles. The maximum Gasteiger partial charge on any atom is 0.189 e. The van der Waals surface area contributed by atoms with E-state index in [2.05, 4.69) is 0 Å². The molecule has 1 rings (SSSR count). The summed E-state index contributed by atoms with van der Waals surface area (Å²) in [6.45, 7) is 0.419. The summed E-state index contributed by atoms with van der Waals surface area (Å²) in [5.41, 5.74) is -0.225. The van der Waals surface area contributed by atoms with Gasteiger partial charge in [-0.2, -0.15) is 0 Å². The van der Waals surface area contributed by atoms with E-state index in [1.54, 1.807) is 0 Å². The van der Waals surface area contributed by atoms with Gasteiger partial charge < -0.3 is 10.2 Å². The lowest BCUT2D eigenvalue weighted by molar-refractivity contribution is 0.101. The first-order valence-corrected chi connectivity index (χ1v) is 4.81. The van der Waals surface area contributed by atoms with Crippen LogP contribution in [-0.4, -0.2) is 28.5 Å². The molecule has 0 radical (unpaired) electrons. The summed E-state index contributed by atoms with van der Waals surface area (Å²) < 4.78 is 11.8. The van der Waals surface area contributed by atoms with Crippen LogP contribution in [0.25, 0.3) is 0 Å². The molecular formula is C12H11FO4. The Hall–Kier alpha value is -2.17. The van der Waals surface area contributed by atoms with Crippen molar-refractivity contribution in [3.8, 4) is 11.5 Å². The molecule has 1 aromatic rings. The summed E-state index contributed by atoms with van der Waals surface area (Å²) in [6, 6.07) is 1.99. The Balaban J connectivity index is 3.25. The van der Waals surface area contributed by atoms with Gasteiger partial charge in [-0.25, -0.2) is 4.39 Å². The molecule has 17 heavy (non-hydrogen) atoms. The topological polar surface area (TPSA) is 74.6 Å². The number of benzene rings is 1. The Morgan fingerprint density at radius 3 is 2.35 bits per heavy atom. The zero-order valence-corrected chi connectivity index (χ0v) is 9.11. The summed E-state index contributed by atoms with van der Waals surface area (Å²) in [4.78, 5) is 22.6. The highest BCUT2D eigenvalue weighted by Crippen LogP contribution is 2.28. The summed E-state index contributed by atoms with van der Waals surface area (Å²) in [5, 5.41) is 18.8. The number of aromatic hydroxyl groups is 2. The first kappa shape index (κ1) is 12.9. The van der Waals surface area contributed by atoms with Crippen LogP contribution in [0.15, 0.2) is 24.3 Å². The van der Waals surface area contributed by atoms with Crippen LogP contribution in [0.2, 0.25) is 0 Å². The van der Waals surface area contributed by atoms with Crippen LogP contribution < -0.4 is 0 Å². The second-order valence-electron chi connectivity index (χ2n) is 3.36. The van der Waals surface area contributed by atoms with Gasteiger partial charge in [0.1, 0.15) is 18.2 Å². The molecule has 90 valence electrons. The molecule has 0 amide bonds. The second kappa shape index (κ2) is 5.25. The standard InChI is InChI=1S/C12H11FO4/c1-7(14)8-5-9(10(15)3-2-4-13)12(17)6-11(8)16/h2-3,5-6,16-17H,4H2,1H3/b3-2+. The van der Waals surface area contributed by atoms with Crippen molar-refractivity contribution < 1.29 is 24.2 Å². The molecule has 0 spiro atoms. The molecule has 0 atom stereocenters. The lowest BCUT2D eigenvalue weighted by atomic mass is 10.0. The first-order valence-electron chi connectivity index (χ1n) is 4.81. The molecule has 1 aromatic carbocycles. The number of hydrogen-bond donors (Lipinski definition) is 2. The van der Waals surface area contributed by atoms with E-state index in [9.17, 15) is 24.2 Å². The third-order valence-corrected chi connectivity index (χ3v) is 2.12. The van der Waals surface area contributed by atoms with Crippen LogP contribution in [0, 0.1) is 0 Å². The summed E-state index contributed by atoms with van der Waals surface area (Å²) in [7, 11) is 0. The van der Waals surface area contributed by atoms with Gasteiger partial charge in [-0.15, -0.1) is 0 Å². The number of phenolic OH excluding ortho intramolecular Hbond substituents is 2. The van der Waals surface area contributed by atoms with E-state index in [-0.39, 0.29) is 11.1 Å². The van der Waals surface area contributed by atoms with Gasteiger partial charge in [0.05, 0.1) is 11.1 Å². The quantitative estimate of drug-likeness (QED) is 0.621. The van der Waals surface area contributed by atoms with Crippen LogP contribution >= 0.6 is 0 Å². The highest BCUT2D eigenvalue weighted by atomic mass is 19.1. The maximum absolute atomic E-state index is 11.8. The number of rotatable bonds is 4. The highest BCUT2D eigenvalue weighted by Gasteiger charge is 2.15. The normalized spacial score (nSPS) is 10.7. The number of phenols is 2. The molecule has 0 aliphatic rings. The Kier molecular flexibility index (Phi) is 3.98. The average Bonchev–Trinajstić information content (AvgIpc) is 2.25. The zero-order chi connectivity index (χ0) is 13.0. The molecule has 5 heteroatoms. The van der Waals surface area contributed by atoms with Crippen molar-refractivity contribution in [1.82, 2.24) is 0 Å². The van der Waals surface area contributed by atoms with E-state index in [0.29, 0.717) is 0 Å². The molecule has 0 aliphatic heterocycles. The van der Waals surface area contributed by atoms with Crippen LogP contribution in [0.1, 0.15) is 27.6 Å². The molecule has 0 saturated carbocycles. The lowest BCUT2D eigenvalue weighted by Gasteiger charge is -2.05. The predicted molar refractivity (Wildman–Crippen MR) is 59.2 cm³/mol. The smallest absolute Gasteiger partial charge is 0.189 e. The molecule has 0 bridgehead atoms. The van der Waals surface area contributed by atoms with Gasteiger partial charge in [0.15, 0.2) is 11.6 Å². The molecule has 4 nitrogen and oxygen atoms in total. The van der Waals surface area contributed by atoms with Crippen molar-refractivity contribution in [3.05, 3.63) is 35.4 Å². The lowest BCUT2D eigenvalue weighted by Crippen LogP contribution is -2.00. The van der Waals surface area contributed by atoms with Gasteiger partial charge in [-0.3, -0.25) is 9.59 Å². The monoisotopic (exact) mass is 238 g/mol. The fourth-order valence-electron chi connectivity index (χ4n) is 1.30. The van der Waals surface area contributed by atoms with Crippen molar-refractivity contribution in [2.75, 3.05) is 6.67 Å². The van der Waals surface area contributed by atoms with Crippen LogP contribution in [0.4, 0.5) is 4.39 Å². The van der Waals surface area contributed by atoms with E-state index in [0.717, 1.165) is 24.3 Å². The summed E-state index contributed by atoms with van der Waals surface area (Å²) >= 11 is 0. The van der Waals surface area contributed by atoms with Crippen molar-refractivity contribution in [3.63, 3.8) is 0 Å². The number of alkyl halides is 1. The minimum absolute atomic E-state index is 0.0696. The molecule has 0 heterocycles. The molecule has 0 fully saturated rings. The molecule has 0 aliphatic carbocycles. The van der Waals surface area contributed by atoms with E-state index in [1.807, 2.05) is 0 Å². The van der Waals surface area contributed by atoms with Gasteiger partial charge in [-0.1, -0.05) is 0 Å². The van der Waals surface area contributed by atoms with Crippen molar-refractivity contribution in [1.29, 1.82) is 0 Å². The third kappa shape index (κ3) is 2.90. The number of halogens is 1. The van der Waals surface area contributed by atoms with E-state index < -0.39 is 29.7 Å². The van der Waals surface area contributed by atoms with Crippen molar-refractivity contribution >= 4 is 11.6 Å². The first-order chi connectivity index (χ1) is 7.97. The van der Waals surface area contributed by atoms with Crippen molar-refractivity contribution in [2.24, 2.45) is 0 Å². The van der Waals surface area contributed by atoms with Crippen LogP contribution in [-0.2, 0) is 0 Å². The fourth-order valence-corrected chi connectivity index (χ4v) is 1.30. The zero-order valence-electron chi connectivity index (χ0n) is 9.11. The van der Waals surface area contributed by atoms with Gasteiger partial charge >= 0.3 is 0 Å². The Morgan fingerprint density at radius 1 is 1.24 bits per heavy atom. The molecule has 2 N–H and O–H groups in total. The van der Waals surface area contributed by atoms with Gasteiger partial charge in [-0.05, 0) is 25.1 Å². The van der Waals surface area contributed by atoms with Crippen LogP contribution in [0.5, 0.6) is 11.5 Å². The Bertz CT molecular complexity index is 492. The van der Waals surface area contributed by atoms with E-state index >= 15 is 0 Å². The number of carbonyl (C=O) groups excluding carboxylic acids is 2. The maximum atomic E-state index is 11.8. The number of ketones is 2. The Morgan fingerprint density at radius 2 is 1.82 bits per heavy atom. The second-order valence-corrected chi connectivity index (χ2v) is 3.36. The van der Waals surface area contributed by atoms with Gasteiger partial charge in [0.25, 0.3) is 0 Å². The largest absolute Gasteiger partial charge is 0.507 e. The fraction of sp³-hybridized carbons (Fsp3) is 0.167. The molecular weight excluding hydrogens is 227 g/mol. The Labute approximate surface area is 97.0 Å². The number of allylic oxidation sites excluding steroid dienone is 2. The van der Waals surface area contributed by atoms with Gasteiger partial charge in [0.2, 0.25) is 0 Å². The average molecular weight is 238 g/mol. The predicted octanol–water partition coefficient (Wildman–Crippen LogP) is 2.01. The summed E-state index contributed by atoms with van der Waals surface area (Å²) in [6.07, 6.45) is 1.94. The number of carbonyl (C=O) groups is 2. The number of Topliss-reactive ketones (excluding diaryl/α,β-unsaturated/α-hetero) is 1. The minimum atomic E-state index is -0.801. The van der Waals surface area contributed by atoms with E-state index in [1.165, 1.54) is 6.92 Å². The van der Waals surface area contributed by atoms with Crippen LogP contribution in [0.3, 0.4) is 0 Å². The van der Waals surface area contributed by atoms with Gasteiger partial charge in [0, 0.05) is 6.07 Å². The summed E-state index contributed by atoms with van der Waals surface area (Å²) in [5.74, 6) is -1.93. The third-order valence-electron chi connectivity index (χ3n) is 2.12.